The van der Waals surface area contributed by atoms with Gasteiger partial charge in [-0.05, 0) is 105 Å². The van der Waals surface area contributed by atoms with Crippen LogP contribution in [-0.2, 0) is 16.4 Å². The zero-order chi connectivity index (χ0) is 24.1. The molecule has 0 amide bonds. The average molecular weight is 492 g/mol. The lowest BCUT2D eigenvalue weighted by Gasteiger charge is -2.36. The van der Waals surface area contributed by atoms with E-state index in [0.29, 0.717) is 11.7 Å². The maximum absolute atomic E-state index is 13.1. The summed E-state index contributed by atoms with van der Waals surface area (Å²) in [6, 6.07) is 21.6. The molecule has 0 bridgehead atoms. The van der Waals surface area contributed by atoms with Crippen LogP contribution in [0.1, 0.15) is 44.1 Å². The van der Waals surface area contributed by atoms with Crippen LogP contribution < -0.4 is 4.72 Å². The fourth-order valence-electron chi connectivity index (χ4n) is 5.63. The Morgan fingerprint density at radius 2 is 1.60 bits per heavy atom. The van der Waals surface area contributed by atoms with Gasteiger partial charge in [-0.25, -0.2) is 8.42 Å². The molecule has 186 valence electrons. The maximum atomic E-state index is 13.1. The van der Waals surface area contributed by atoms with Crippen molar-refractivity contribution in [3.63, 3.8) is 0 Å². The quantitative estimate of drug-likeness (QED) is 0.428. The molecule has 0 aromatic heterocycles. The van der Waals surface area contributed by atoms with Crippen LogP contribution in [0.4, 0.5) is 5.69 Å². The van der Waals surface area contributed by atoms with Gasteiger partial charge in [0.25, 0.3) is 10.0 Å². The Hall–Kier alpha value is -2.41. The minimum Gasteiger partial charge on any atom is -0.303 e. The predicted molar refractivity (Wildman–Crippen MR) is 144 cm³/mol. The number of nitrogens with zero attached hydrogens (tertiary/aromatic N) is 2. The SMILES string of the molecule is O=S(=O)(Nc1cccc(CCN2CCCCC2CCN2CCCC2)c1)c1ccc2ccccc2c1. The Morgan fingerprint density at radius 3 is 2.46 bits per heavy atom. The van der Waals surface area contributed by atoms with E-state index in [0.717, 1.165) is 23.7 Å². The molecule has 2 heterocycles. The number of fused-ring (bicyclic) bond motifs is 1. The number of nitrogens with one attached hydrogen (secondary N) is 1. The van der Waals surface area contributed by atoms with Crippen molar-refractivity contribution in [2.24, 2.45) is 0 Å². The smallest absolute Gasteiger partial charge is 0.261 e. The highest BCUT2D eigenvalue weighted by molar-refractivity contribution is 7.92. The van der Waals surface area contributed by atoms with E-state index in [9.17, 15) is 8.42 Å². The normalized spacial score (nSPS) is 19.8. The zero-order valence-electron chi connectivity index (χ0n) is 20.5. The Kier molecular flexibility index (Phi) is 7.71. The molecule has 5 nitrogen and oxygen atoms in total. The van der Waals surface area contributed by atoms with Crippen LogP contribution in [0.15, 0.2) is 71.6 Å². The van der Waals surface area contributed by atoms with Crippen molar-refractivity contribution in [2.45, 2.75) is 55.9 Å². The molecule has 6 heteroatoms. The van der Waals surface area contributed by atoms with E-state index in [1.165, 1.54) is 70.3 Å². The van der Waals surface area contributed by atoms with E-state index in [4.69, 9.17) is 0 Å². The molecule has 0 aliphatic carbocycles. The van der Waals surface area contributed by atoms with Crippen molar-refractivity contribution in [1.29, 1.82) is 0 Å². The minimum absolute atomic E-state index is 0.288. The van der Waals surface area contributed by atoms with Gasteiger partial charge in [-0.1, -0.05) is 48.9 Å². The first-order valence-electron chi connectivity index (χ1n) is 13.1. The van der Waals surface area contributed by atoms with Crippen molar-refractivity contribution in [2.75, 3.05) is 37.4 Å². The molecule has 1 unspecified atom stereocenters. The first kappa shape index (κ1) is 24.3. The van der Waals surface area contributed by atoms with Crippen molar-refractivity contribution in [3.05, 3.63) is 72.3 Å². The summed E-state index contributed by atoms with van der Waals surface area (Å²) in [6.07, 6.45) is 8.85. The van der Waals surface area contributed by atoms with Gasteiger partial charge in [-0.3, -0.25) is 4.72 Å². The number of piperidine rings is 1. The lowest BCUT2D eigenvalue weighted by molar-refractivity contribution is 0.130. The van der Waals surface area contributed by atoms with Gasteiger partial charge >= 0.3 is 0 Å². The van der Waals surface area contributed by atoms with Crippen molar-refractivity contribution in [3.8, 4) is 0 Å². The Balaban J connectivity index is 1.21. The number of sulfonamides is 1. The predicted octanol–water partition coefficient (Wildman–Crippen LogP) is 5.52. The third kappa shape index (κ3) is 6.24. The van der Waals surface area contributed by atoms with Crippen LogP contribution >= 0.6 is 0 Å². The Labute approximate surface area is 210 Å². The average Bonchev–Trinajstić information content (AvgIpc) is 3.40. The third-order valence-electron chi connectivity index (χ3n) is 7.62. The third-order valence-corrected chi connectivity index (χ3v) is 9.00. The standard InChI is InChI=1S/C29H37N3O2S/c33-35(34,29-14-13-25-9-1-2-10-26(25)23-29)30-27-11-7-8-24(22-27)15-21-32-19-4-3-12-28(32)16-20-31-17-5-6-18-31/h1-2,7-11,13-14,22-23,28,30H,3-6,12,15-21H2. The van der Waals surface area contributed by atoms with Gasteiger partial charge in [0.2, 0.25) is 0 Å². The van der Waals surface area contributed by atoms with Gasteiger partial charge in [0.05, 0.1) is 4.90 Å². The van der Waals surface area contributed by atoms with E-state index < -0.39 is 10.0 Å². The molecule has 0 saturated carbocycles. The summed E-state index contributed by atoms with van der Waals surface area (Å²) in [7, 11) is -3.65. The van der Waals surface area contributed by atoms with Gasteiger partial charge in [0.1, 0.15) is 0 Å². The van der Waals surface area contributed by atoms with Crippen LogP contribution in [0.3, 0.4) is 0 Å². The molecule has 0 spiro atoms. The van der Waals surface area contributed by atoms with Crippen LogP contribution in [0.5, 0.6) is 0 Å². The van der Waals surface area contributed by atoms with Crippen molar-refractivity contribution >= 4 is 26.5 Å². The number of rotatable bonds is 9. The molecule has 3 aromatic rings. The van der Waals surface area contributed by atoms with E-state index in [-0.39, 0.29) is 4.90 Å². The molecule has 1 atom stereocenters. The summed E-state index contributed by atoms with van der Waals surface area (Å²) < 4.78 is 28.9. The van der Waals surface area contributed by atoms with Crippen LogP contribution in [0, 0.1) is 0 Å². The number of hydrogen-bond acceptors (Lipinski definition) is 4. The van der Waals surface area contributed by atoms with Gasteiger partial charge in [-0.15, -0.1) is 0 Å². The minimum atomic E-state index is -3.65. The first-order chi connectivity index (χ1) is 17.1. The molecule has 2 aliphatic rings. The number of benzene rings is 3. The number of hydrogen-bond donors (Lipinski definition) is 1. The summed E-state index contributed by atoms with van der Waals surface area (Å²) in [5.41, 5.74) is 1.80. The molecule has 2 fully saturated rings. The second-order valence-corrected chi connectivity index (χ2v) is 11.8. The largest absolute Gasteiger partial charge is 0.303 e. The van der Waals surface area contributed by atoms with Gasteiger partial charge < -0.3 is 9.80 Å². The van der Waals surface area contributed by atoms with Crippen molar-refractivity contribution in [1.82, 2.24) is 9.80 Å². The molecule has 0 radical (unpaired) electrons. The summed E-state index contributed by atoms with van der Waals surface area (Å²) in [4.78, 5) is 5.58. The van der Waals surface area contributed by atoms with Gasteiger partial charge in [-0.2, -0.15) is 0 Å². The van der Waals surface area contributed by atoms with Crippen LogP contribution in [0.25, 0.3) is 10.8 Å². The van der Waals surface area contributed by atoms with E-state index in [2.05, 4.69) is 20.6 Å². The monoisotopic (exact) mass is 491 g/mol. The molecule has 3 aromatic carbocycles. The highest BCUT2D eigenvalue weighted by atomic mass is 32.2. The summed E-state index contributed by atoms with van der Waals surface area (Å²) in [5, 5.41) is 1.95. The highest BCUT2D eigenvalue weighted by Crippen LogP contribution is 2.24. The second kappa shape index (κ2) is 11.1. The van der Waals surface area contributed by atoms with Crippen LogP contribution in [0.2, 0.25) is 0 Å². The fraction of sp³-hybridized carbons (Fsp3) is 0.448. The van der Waals surface area contributed by atoms with Crippen LogP contribution in [-0.4, -0.2) is 57.0 Å². The van der Waals surface area contributed by atoms with Gasteiger partial charge in [0, 0.05) is 18.3 Å². The highest BCUT2D eigenvalue weighted by Gasteiger charge is 2.23. The Morgan fingerprint density at radius 1 is 0.800 bits per heavy atom. The first-order valence-corrected chi connectivity index (χ1v) is 14.6. The molecule has 2 saturated heterocycles. The maximum Gasteiger partial charge on any atom is 0.261 e. The molecule has 2 aliphatic heterocycles. The summed E-state index contributed by atoms with van der Waals surface area (Å²) in [5.74, 6) is 0. The number of likely N-dealkylation sites (tertiary alicyclic amines) is 2. The number of anilines is 1. The second-order valence-electron chi connectivity index (χ2n) is 10.1. The van der Waals surface area contributed by atoms with E-state index in [1.54, 1.807) is 12.1 Å². The summed E-state index contributed by atoms with van der Waals surface area (Å²) >= 11 is 0. The molecular formula is C29H37N3O2S. The molecular weight excluding hydrogens is 454 g/mol. The zero-order valence-corrected chi connectivity index (χ0v) is 21.3. The van der Waals surface area contributed by atoms with E-state index >= 15 is 0 Å². The van der Waals surface area contributed by atoms with E-state index in [1.807, 2.05) is 48.5 Å². The fourth-order valence-corrected chi connectivity index (χ4v) is 6.72. The molecule has 1 N–H and O–H groups in total. The molecule has 35 heavy (non-hydrogen) atoms. The summed E-state index contributed by atoms with van der Waals surface area (Å²) in [6.45, 7) is 5.99. The van der Waals surface area contributed by atoms with Gasteiger partial charge in [0.15, 0.2) is 0 Å². The topological polar surface area (TPSA) is 52.7 Å². The van der Waals surface area contributed by atoms with Crippen molar-refractivity contribution < 1.29 is 8.42 Å². The lowest BCUT2D eigenvalue weighted by Crippen LogP contribution is -2.42. The lowest BCUT2D eigenvalue weighted by atomic mass is 9.98. The Bertz CT molecular complexity index is 1240. The molecule has 5 rings (SSSR count).